The number of rotatable bonds is 57. The molecule has 0 radical (unpaired) electrons. The van der Waals surface area contributed by atoms with Gasteiger partial charge in [0.05, 0.1) is 25.4 Å². The molecule has 0 aliphatic carbocycles. The molecule has 2 atom stereocenters. The lowest BCUT2D eigenvalue weighted by atomic mass is 10.0. The second-order valence-electron chi connectivity index (χ2n) is 21.0. The van der Waals surface area contributed by atoms with Crippen LogP contribution in [0.1, 0.15) is 328 Å². The molecule has 6 heteroatoms. The van der Waals surface area contributed by atoms with Gasteiger partial charge in [-0.25, -0.2) is 0 Å². The van der Waals surface area contributed by atoms with Crippen molar-refractivity contribution >= 4 is 11.9 Å². The zero-order valence-corrected chi connectivity index (χ0v) is 46.3. The lowest BCUT2D eigenvalue weighted by Crippen LogP contribution is -2.45. The van der Waals surface area contributed by atoms with Crippen LogP contribution in [0.25, 0.3) is 0 Å². The molecule has 0 fully saturated rings. The minimum atomic E-state index is -0.845. The zero-order chi connectivity index (χ0) is 50.0. The largest absolute Gasteiger partial charge is 0.466 e. The summed E-state index contributed by atoms with van der Waals surface area (Å²) in [6.45, 7) is 4.88. The number of amides is 1. The molecule has 406 valence electrons. The number of aliphatic hydroxyl groups excluding tert-OH is 2. The SMILES string of the molecule is CCCCC/C=C\CCCCCCCC(=O)OCCCCCCCCCCCCCC/C=C\CCCCCCCCCCCCC(=O)NC(CO)C(O)/C=C/CCCCCCCCCCCCCC. The van der Waals surface area contributed by atoms with Gasteiger partial charge in [0.2, 0.25) is 5.91 Å². The summed E-state index contributed by atoms with van der Waals surface area (Å²) in [6, 6.07) is -0.629. The van der Waals surface area contributed by atoms with Crippen LogP contribution in [-0.2, 0) is 14.3 Å². The molecule has 6 nitrogen and oxygen atoms in total. The molecule has 0 aromatic heterocycles. The Morgan fingerprint density at radius 3 is 1.06 bits per heavy atom. The fourth-order valence-corrected chi connectivity index (χ4v) is 9.39. The van der Waals surface area contributed by atoms with Gasteiger partial charge in [-0.2, -0.15) is 0 Å². The van der Waals surface area contributed by atoms with E-state index in [9.17, 15) is 19.8 Å². The van der Waals surface area contributed by atoms with Crippen molar-refractivity contribution in [2.24, 2.45) is 0 Å². The molecule has 69 heavy (non-hydrogen) atoms. The molecule has 0 bridgehead atoms. The number of nitrogens with one attached hydrogen (secondary N) is 1. The Balaban J connectivity index is 3.41. The summed E-state index contributed by atoms with van der Waals surface area (Å²) >= 11 is 0. The summed E-state index contributed by atoms with van der Waals surface area (Å²) < 4.78 is 5.46. The Morgan fingerprint density at radius 2 is 0.681 bits per heavy atom. The van der Waals surface area contributed by atoms with Gasteiger partial charge in [0.1, 0.15) is 0 Å². The van der Waals surface area contributed by atoms with Crippen molar-refractivity contribution < 1.29 is 24.5 Å². The van der Waals surface area contributed by atoms with Crippen LogP contribution in [0.2, 0.25) is 0 Å². The number of carbonyl (C=O) groups is 2. The highest BCUT2D eigenvalue weighted by Crippen LogP contribution is 2.17. The van der Waals surface area contributed by atoms with Gasteiger partial charge in [-0.1, -0.05) is 269 Å². The second-order valence-corrected chi connectivity index (χ2v) is 21.0. The molecule has 0 rings (SSSR count). The van der Waals surface area contributed by atoms with E-state index in [1.807, 2.05) is 6.08 Å². The summed E-state index contributed by atoms with van der Waals surface area (Å²) in [7, 11) is 0. The standard InChI is InChI=1S/C63H119NO5/c1-3-5-7-9-11-13-15-17-32-35-39-43-47-51-55-61(66)60(59-65)64-62(67)56-52-48-44-40-36-33-30-28-26-24-22-20-18-19-21-23-25-27-29-31-34-38-42-46-50-54-58-69-63(68)57-53-49-45-41-37-16-14-12-10-8-6-4-2/h12,14,18,20,51,55,60-61,65-66H,3-11,13,15-17,19,21-50,52-54,56-59H2,1-2H3,(H,64,67)/b14-12-,20-18-,55-51+. The third-order valence-corrected chi connectivity index (χ3v) is 14.1. The molecule has 0 saturated heterocycles. The first kappa shape index (κ1) is 67.1. The van der Waals surface area contributed by atoms with E-state index >= 15 is 0 Å². The quantitative estimate of drug-likeness (QED) is 0.0321. The third-order valence-electron chi connectivity index (χ3n) is 14.1. The summed E-state index contributed by atoms with van der Waals surface area (Å²) in [5.74, 6) is -0.0656. The molecule has 2 unspecified atom stereocenters. The number of unbranched alkanes of at least 4 members (excludes halogenated alkanes) is 42. The van der Waals surface area contributed by atoms with Crippen LogP contribution in [-0.4, -0.2) is 47.4 Å². The Labute approximate surface area is 430 Å². The van der Waals surface area contributed by atoms with Crippen LogP contribution in [0.15, 0.2) is 36.5 Å². The topological polar surface area (TPSA) is 95.9 Å². The summed E-state index contributed by atoms with van der Waals surface area (Å²) in [5.41, 5.74) is 0. The van der Waals surface area contributed by atoms with Crippen LogP contribution < -0.4 is 5.32 Å². The van der Waals surface area contributed by atoms with E-state index in [0.717, 1.165) is 44.9 Å². The molecule has 1 amide bonds. The van der Waals surface area contributed by atoms with Gasteiger partial charge >= 0.3 is 5.97 Å². The predicted molar refractivity (Wildman–Crippen MR) is 301 cm³/mol. The number of allylic oxidation sites excluding steroid dienone is 5. The number of hydrogen-bond acceptors (Lipinski definition) is 5. The molecule has 0 spiro atoms. The monoisotopic (exact) mass is 970 g/mol. The first-order valence-electron chi connectivity index (χ1n) is 30.8. The van der Waals surface area contributed by atoms with Gasteiger partial charge in [-0.3, -0.25) is 9.59 Å². The van der Waals surface area contributed by atoms with Crippen LogP contribution in [0.3, 0.4) is 0 Å². The maximum atomic E-state index is 12.5. The molecule has 0 aromatic rings. The molecule has 0 saturated carbocycles. The molecular weight excluding hydrogens is 851 g/mol. The van der Waals surface area contributed by atoms with Gasteiger partial charge in [-0.05, 0) is 83.5 Å². The fraction of sp³-hybridized carbons (Fsp3) is 0.873. The van der Waals surface area contributed by atoms with Gasteiger partial charge in [0.25, 0.3) is 0 Å². The van der Waals surface area contributed by atoms with E-state index in [4.69, 9.17) is 4.74 Å². The van der Waals surface area contributed by atoms with E-state index in [1.54, 1.807) is 6.08 Å². The average Bonchev–Trinajstić information content (AvgIpc) is 3.35. The zero-order valence-electron chi connectivity index (χ0n) is 46.3. The van der Waals surface area contributed by atoms with Gasteiger partial charge in [-0.15, -0.1) is 0 Å². The summed E-state index contributed by atoms with van der Waals surface area (Å²) in [6.07, 6.45) is 73.3. The third kappa shape index (κ3) is 55.2. The summed E-state index contributed by atoms with van der Waals surface area (Å²) in [5, 5.41) is 23.1. The van der Waals surface area contributed by atoms with E-state index in [2.05, 4.69) is 43.5 Å². The highest BCUT2D eigenvalue weighted by Gasteiger charge is 2.18. The Kier molecular flexibility index (Phi) is 57.0. The van der Waals surface area contributed by atoms with Crippen molar-refractivity contribution in [1.29, 1.82) is 0 Å². The Bertz CT molecular complexity index is 1120. The number of esters is 1. The van der Waals surface area contributed by atoms with Crippen LogP contribution in [0, 0.1) is 0 Å². The second kappa shape index (κ2) is 58.6. The van der Waals surface area contributed by atoms with Crippen LogP contribution >= 0.6 is 0 Å². The molecule has 0 aromatic carbocycles. The minimum Gasteiger partial charge on any atom is -0.466 e. The first-order chi connectivity index (χ1) is 34.0. The maximum Gasteiger partial charge on any atom is 0.305 e. The number of ether oxygens (including phenoxy) is 1. The highest BCUT2D eigenvalue weighted by atomic mass is 16.5. The lowest BCUT2D eigenvalue weighted by Gasteiger charge is -2.20. The van der Waals surface area contributed by atoms with Crippen LogP contribution in [0.4, 0.5) is 0 Å². The van der Waals surface area contributed by atoms with E-state index in [1.165, 1.54) is 257 Å². The van der Waals surface area contributed by atoms with Crippen molar-refractivity contribution in [3.63, 3.8) is 0 Å². The van der Waals surface area contributed by atoms with Gasteiger partial charge in [0, 0.05) is 12.8 Å². The molecule has 3 N–H and O–H groups in total. The highest BCUT2D eigenvalue weighted by molar-refractivity contribution is 5.76. The fourth-order valence-electron chi connectivity index (χ4n) is 9.39. The molecular formula is C63H119NO5. The number of aliphatic hydroxyl groups is 2. The van der Waals surface area contributed by atoms with Gasteiger partial charge < -0.3 is 20.3 Å². The lowest BCUT2D eigenvalue weighted by molar-refractivity contribution is -0.143. The number of hydrogen-bond donors (Lipinski definition) is 3. The normalized spacial score (nSPS) is 12.8. The van der Waals surface area contributed by atoms with Crippen molar-refractivity contribution in [3.8, 4) is 0 Å². The minimum absolute atomic E-state index is 0.00361. The average molecular weight is 971 g/mol. The van der Waals surface area contributed by atoms with Crippen molar-refractivity contribution in [1.82, 2.24) is 5.32 Å². The predicted octanol–water partition coefficient (Wildman–Crippen LogP) is 19.2. The van der Waals surface area contributed by atoms with Crippen molar-refractivity contribution in [2.45, 2.75) is 341 Å². The molecule has 0 aliphatic rings. The summed E-state index contributed by atoms with van der Waals surface area (Å²) in [4.78, 5) is 24.5. The first-order valence-corrected chi connectivity index (χ1v) is 30.8. The van der Waals surface area contributed by atoms with Crippen molar-refractivity contribution in [2.75, 3.05) is 13.2 Å². The van der Waals surface area contributed by atoms with Crippen LogP contribution in [0.5, 0.6) is 0 Å². The Morgan fingerprint density at radius 1 is 0.391 bits per heavy atom. The van der Waals surface area contributed by atoms with E-state index in [-0.39, 0.29) is 18.5 Å². The molecule has 0 heterocycles. The van der Waals surface area contributed by atoms with E-state index < -0.39 is 12.1 Å². The number of carbonyl (C=O) groups excluding carboxylic acids is 2. The van der Waals surface area contributed by atoms with E-state index in [0.29, 0.717) is 19.4 Å². The van der Waals surface area contributed by atoms with Crippen molar-refractivity contribution in [3.05, 3.63) is 36.5 Å². The smallest absolute Gasteiger partial charge is 0.305 e. The maximum absolute atomic E-state index is 12.5. The Hall–Kier alpha value is -1.92. The molecule has 0 aliphatic heterocycles. The van der Waals surface area contributed by atoms with Gasteiger partial charge in [0.15, 0.2) is 0 Å².